The van der Waals surface area contributed by atoms with Crippen LogP contribution in [0.3, 0.4) is 0 Å². The largest absolute Gasteiger partial charge is 0.492 e. The number of carbonyl (C=O) groups is 1. The molecule has 0 fully saturated rings. The molecule has 4 heteroatoms. The summed E-state index contributed by atoms with van der Waals surface area (Å²) in [5.41, 5.74) is 0.254. The zero-order valence-electron chi connectivity index (χ0n) is 10.6. The van der Waals surface area contributed by atoms with Crippen LogP contribution in [0.4, 0.5) is 5.69 Å². The van der Waals surface area contributed by atoms with Gasteiger partial charge in [-0.2, -0.15) is 0 Å². The van der Waals surface area contributed by atoms with Crippen LogP contribution in [-0.4, -0.2) is 12.5 Å². The molecule has 1 aromatic rings. The maximum Gasteiger partial charge on any atom is 0.229 e. The van der Waals surface area contributed by atoms with Gasteiger partial charge in [-0.05, 0) is 25.1 Å². The Morgan fingerprint density at radius 2 is 2.06 bits per heavy atom. The molecule has 0 unspecified atom stereocenters. The molecular formula is C13H18ClNO2. The van der Waals surface area contributed by atoms with Gasteiger partial charge in [0.25, 0.3) is 0 Å². The Bertz CT molecular complexity index is 410. The Labute approximate surface area is 107 Å². The fourth-order valence-corrected chi connectivity index (χ4v) is 1.40. The minimum absolute atomic E-state index is 0.0438. The van der Waals surface area contributed by atoms with Crippen LogP contribution in [0.2, 0.25) is 5.02 Å². The van der Waals surface area contributed by atoms with Crippen LogP contribution in [0.1, 0.15) is 27.7 Å². The summed E-state index contributed by atoms with van der Waals surface area (Å²) >= 11 is 6.03. The zero-order chi connectivity index (χ0) is 13.1. The van der Waals surface area contributed by atoms with Gasteiger partial charge in [0.15, 0.2) is 0 Å². The highest BCUT2D eigenvalue weighted by molar-refractivity contribution is 6.32. The molecule has 0 saturated carbocycles. The number of nitrogens with one attached hydrogen (secondary N) is 1. The fourth-order valence-electron chi connectivity index (χ4n) is 1.17. The standard InChI is InChI=1S/C13H18ClNO2/c1-5-17-11-7-6-9(8-10(11)14)15-12(16)13(2,3)4/h6-8H,5H2,1-4H3,(H,15,16). The molecular weight excluding hydrogens is 238 g/mol. The molecule has 1 rings (SSSR count). The van der Waals surface area contributed by atoms with Crippen molar-refractivity contribution in [1.29, 1.82) is 0 Å². The van der Waals surface area contributed by atoms with Crippen molar-refractivity contribution in [3.8, 4) is 5.75 Å². The molecule has 3 nitrogen and oxygen atoms in total. The summed E-state index contributed by atoms with van der Waals surface area (Å²) in [6.45, 7) is 8.04. The Kier molecular flexibility index (Phi) is 4.40. The molecule has 17 heavy (non-hydrogen) atoms. The van der Waals surface area contributed by atoms with E-state index in [1.165, 1.54) is 0 Å². The predicted octanol–water partition coefficient (Wildman–Crippen LogP) is 3.72. The highest BCUT2D eigenvalue weighted by atomic mass is 35.5. The summed E-state index contributed by atoms with van der Waals surface area (Å²) in [6.07, 6.45) is 0. The van der Waals surface area contributed by atoms with Gasteiger partial charge in [0, 0.05) is 11.1 Å². The van der Waals surface area contributed by atoms with E-state index in [-0.39, 0.29) is 5.91 Å². The Morgan fingerprint density at radius 1 is 1.41 bits per heavy atom. The van der Waals surface area contributed by atoms with Gasteiger partial charge in [0.1, 0.15) is 5.75 Å². The van der Waals surface area contributed by atoms with Crippen LogP contribution in [0.5, 0.6) is 5.75 Å². The van der Waals surface area contributed by atoms with Crippen LogP contribution in [0.15, 0.2) is 18.2 Å². The van der Waals surface area contributed by atoms with Gasteiger partial charge >= 0.3 is 0 Å². The zero-order valence-corrected chi connectivity index (χ0v) is 11.4. The first kappa shape index (κ1) is 13.8. The Hall–Kier alpha value is -1.22. The number of benzene rings is 1. The highest BCUT2D eigenvalue weighted by Gasteiger charge is 2.21. The lowest BCUT2D eigenvalue weighted by Crippen LogP contribution is -2.27. The summed E-state index contributed by atoms with van der Waals surface area (Å²) in [5, 5.41) is 3.31. The number of carbonyl (C=O) groups excluding carboxylic acids is 1. The average molecular weight is 256 g/mol. The SMILES string of the molecule is CCOc1ccc(NC(=O)C(C)(C)C)cc1Cl. The molecule has 0 aliphatic rings. The lowest BCUT2D eigenvalue weighted by molar-refractivity contribution is -0.123. The summed E-state index contributed by atoms with van der Waals surface area (Å²) in [7, 11) is 0. The van der Waals surface area contributed by atoms with Crippen molar-refractivity contribution in [2.75, 3.05) is 11.9 Å². The summed E-state index contributed by atoms with van der Waals surface area (Å²) < 4.78 is 5.32. The third-order valence-electron chi connectivity index (χ3n) is 2.17. The van der Waals surface area contributed by atoms with E-state index in [1.54, 1.807) is 18.2 Å². The Morgan fingerprint density at radius 3 is 2.53 bits per heavy atom. The van der Waals surface area contributed by atoms with Crippen LogP contribution in [0.25, 0.3) is 0 Å². The number of halogens is 1. The van der Waals surface area contributed by atoms with Crippen molar-refractivity contribution in [2.24, 2.45) is 5.41 Å². The number of amides is 1. The topological polar surface area (TPSA) is 38.3 Å². The van der Waals surface area contributed by atoms with Gasteiger partial charge < -0.3 is 10.1 Å². The molecule has 0 aromatic heterocycles. The fraction of sp³-hybridized carbons (Fsp3) is 0.462. The molecule has 0 atom stereocenters. The lowest BCUT2D eigenvalue weighted by atomic mass is 9.95. The van der Waals surface area contributed by atoms with E-state index in [4.69, 9.17) is 16.3 Å². The molecule has 0 radical (unpaired) electrons. The second-order valence-electron chi connectivity index (χ2n) is 4.78. The minimum Gasteiger partial charge on any atom is -0.492 e. The molecule has 0 aliphatic carbocycles. The molecule has 0 bridgehead atoms. The summed E-state index contributed by atoms with van der Waals surface area (Å²) in [6, 6.07) is 5.22. The Balaban J connectivity index is 2.81. The maximum atomic E-state index is 11.8. The molecule has 0 spiro atoms. The second kappa shape index (κ2) is 5.41. The number of hydrogen-bond donors (Lipinski definition) is 1. The van der Waals surface area contributed by atoms with Gasteiger partial charge in [-0.25, -0.2) is 0 Å². The summed E-state index contributed by atoms with van der Waals surface area (Å²) in [4.78, 5) is 11.8. The number of hydrogen-bond acceptors (Lipinski definition) is 2. The van der Waals surface area contributed by atoms with Gasteiger partial charge in [-0.3, -0.25) is 4.79 Å². The van der Waals surface area contributed by atoms with Gasteiger partial charge in [-0.1, -0.05) is 32.4 Å². The van der Waals surface area contributed by atoms with E-state index in [1.807, 2.05) is 27.7 Å². The first-order chi connectivity index (χ1) is 7.84. The van der Waals surface area contributed by atoms with E-state index < -0.39 is 5.41 Å². The predicted molar refractivity (Wildman–Crippen MR) is 70.7 cm³/mol. The van der Waals surface area contributed by atoms with Crippen LogP contribution in [-0.2, 0) is 4.79 Å². The van der Waals surface area contributed by atoms with Crippen LogP contribution < -0.4 is 10.1 Å². The molecule has 0 aliphatic heterocycles. The number of ether oxygens (including phenoxy) is 1. The number of rotatable bonds is 3. The average Bonchev–Trinajstić information content (AvgIpc) is 2.21. The molecule has 1 N–H and O–H groups in total. The molecule has 1 amide bonds. The van der Waals surface area contributed by atoms with E-state index in [9.17, 15) is 4.79 Å². The normalized spacial score (nSPS) is 11.1. The van der Waals surface area contributed by atoms with Gasteiger partial charge in [-0.15, -0.1) is 0 Å². The van der Waals surface area contributed by atoms with E-state index in [2.05, 4.69) is 5.32 Å². The molecule has 0 saturated heterocycles. The van der Waals surface area contributed by atoms with Crippen molar-refractivity contribution in [3.05, 3.63) is 23.2 Å². The van der Waals surface area contributed by atoms with Crippen LogP contribution in [0, 0.1) is 5.41 Å². The third kappa shape index (κ3) is 3.93. The minimum atomic E-state index is -0.426. The molecule has 0 heterocycles. The van der Waals surface area contributed by atoms with Crippen molar-refractivity contribution < 1.29 is 9.53 Å². The van der Waals surface area contributed by atoms with Crippen molar-refractivity contribution in [2.45, 2.75) is 27.7 Å². The number of anilines is 1. The third-order valence-corrected chi connectivity index (χ3v) is 2.47. The van der Waals surface area contributed by atoms with Crippen LogP contribution >= 0.6 is 11.6 Å². The first-order valence-corrected chi connectivity index (χ1v) is 5.96. The quantitative estimate of drug-likeness (QED) is 0.894. The smallest absolute Gasteiger partial charge is 0.229 e. The highest BCUT2D eigenvalue weighted by Crippen LogP contribution is 2.28. The second-order valence-corrected chi connectivity index (χ2v) is 5.19. The first-order valence-electron chi connectivity index (χ1n) is 5.58. The maximum absolute atomic E-state index is 11.8. The monoisotopic (exact) mass is 255 g/mol. The van der Waals surface area contributed by atoms with Crippen molar-refractivity contribution in [1.82, 2.24) is 0 Å². The van der Waals surface area contributed by atoms with E-state index >= 15 is 0 Å². The summed E-state index contributed by atoms with van der Waals surface area (Å²) in [5.74, 6) is 0.584. The lowest BCUT2D eigenvalue weighted by Gasteiger charge is -2.18. The van der Waals surface area contributed by atoms with Gasteiger partial charge in [0.05, 0.1) is 11.6 Å². The molecule has 94 valence electrons. The van der Waals surface area contributed by atoms with E-state index in [0.29, 0.717) is 23.1 Å². The van der Waals surface area contributed by atoms with Gasteiger partial charge in [0.2, 0.25) is 5.91 Å². The van der Waals surface area contributed by atoms with Crippen molar-refractivity contribution in [3.63, 3.8) is 0 Å². The van der Waals surface area contributed by atoms with E-state index in [0.717, 1.165) is 0 Å². The molecule has 1 aromatic carbocycles. The van der Waals surface area contributed by atoms with Crippen molar-refractivity contribution >= 4 is 23.2 Å².